The van der Waals surface area contributed by atoms with E-state index in [-0.39, 0.29) is 0 Å². The minimum absolute atomic E-state index is 0.939. The van der Waals surface area contributed by atoms with Crippen LogP contribution in [0.1, 0.15) is 22.8 Å². The second-order valence-corrected chi connectivity index (χ2v) is 8.36. The first-order valence-corrected chi connectivity index (χ1v) is 10.9. The normalized spacial score (nSPS) is 11.7. The number of nitrogens with one attached hydrogen (secondary N) is 2. The van der Waals surface area contributed by atoms with Gasteiger partial charge in [-0.1, -0.05) is 0 Å². The zero-order valence-corrected chi connectivity index (χ0v) is 18.6. The number of aromatic nitrogens is 4. The summed E-state index contributed by atoms with van der Waals surface area (Å²) in [4.78, 5) is 16.0. The number of aromatic amines is 2. The summed E-state index contributed by atoms with van der Waals surface area (Å²) in [6.45, 7) is 0. The quantitative estimate of drug-likeness (QED) is 0.332. The first-order chi connectivity index (χ1) is 15.2. The van der Waals surface area contributed by atoms with E-state index >= 15 is 0 Å². The molecule has 0 spiro atoms. The average Bonchev–Trinajstić information content (AvgIpc) is 3.55. The zero-order valence-electron chi connectivity index (χ0n) is 16.8. The molecule has 0 unspecified atom stereocenters. The number of hydrogen-bond acceptors (Lipinski definition) is 2. The first kappa shape index (κ1) is 19.6. The Morgan fingerprint density at radius 3 is 1.13 bits per heavy atom. The molecule has 2 aliphatic heterocycles. The van der Waals surface area contributed by atoms with Gasteiger partial charge in [0.15, 0.2) is 0 Å². The summed E-state index contributed by atoms with van der Waals surface area (Å²) in [5.74, 6) is 0. The molecule has 0 fully saturated rings. The number of rotatable bonds is 0. The Kier molecular flexibility index (Phi) is 5.59. The van der Waals surface area contributed by atoms with Crippen LogP contribution in [0, 0.1) is 0 Å². The molecule has 146 valence electrons. The summed E-state index contributed by atoms with van der Waals surface area (Å²) in [6, 6.07) is 26.7. The molecular formula is C26H19N4Sc. The molecule has 5 heterocycles. The van der Waals surface area contributed by atoms with Gasteiger partial charge < -0.3 is 9.97 Å². The van der Waals surface area contributed by atoms with E-state index < -0.39 is 0 Å². The molecule has 8 bridgehead atoms. The second kappa shape index (κ2) is 8.82. The summed E-state index contributed by atoms with van der Waals surface area (Å²) < 4.78 is 1.38. The van der Waals surface area contributed by atoms with Crippen LogP contribution >= 0.6 is 0 Å². The number of fused-ring (bicyclic) bond motifs is 8. The maximum atomic E-state index is 4.63. The monoisotopic (exact) mass is 432 g/mol. The van der Waals surface area contributed by atoms with Gasteiger partial charge in [-0.25, -0.2) is 9.97 Å². The Balaban J connectivity index is 0.000000250. The first-order valence-electron chi connectivity index (χ1n) is 10.0. The zero-order chi connectivity index (χ0) is 21.0. The van der Waals surface area contributed by atoms with Crippen LogP contribution < -0.4 is 3.32 Å². The van der Waals surface area contributed by atoms with E-state index in [1.807, 2.05) is 54.6 Å². The van der Waals surface area contributed by atoms with Crippen LogP contribution in [0.25, 0.3) is 46.4 Å². The maximum absolute atomic E-state index is 4.63. The molecule has 2 N–H and O–H groups in total. The molecule has 31 heavy (non-hydrogen) atoms. The molecule has 4 aromatic rings. The standard InChI is InChI=1S/C20H14N4.C6H5.Sc/c1-2-14-10-16-5-6-18(23-16)12-20-8-7-19(24-20)11-17-4-3-15(22-17)9-13(1)21-14;1-2-4-6-5-3-1;/h1-12,21,24H;1-5H;. The summed E-state index contributed by atoms with van der Waals surface area (Å²) in [6.07, 6.45) is 8.09. The fraction of sp³-hybridized carbons (Fsp3) is 0. The molecule has 4 nitrogen and oxygen atoms in total. The van der Waals surface area contributed by atoms with E-state index in [9.17, 15) is 0 Å². The van der Waals surface area contributed by atoms with Gasteiger partial charge in [-0.15, -0.1) is 0 Å². The number of H-pyrrole nitrogens is 2. The molecule has 0 aliphatic carbocycles. The molecule has 0 atom stereocenters. The van der Waals surface area contributed by atoms with Crippen molar-refractivity contribution in [1.29, 1.82) is 0 Å². The van der Waals surface area contributed by atoms with Crippen molar-refractivity contribution in [1.82, 2.24) is 19.9 Å². The SMILES string of the molecule is C1=Cc2cc3ccc(cc4nc(cc5ccc(cc1n2)[nH]5)C=C4)[nH]3.[Sc][c]1ccccc1. The van der Waals surface area contributed by atoms with Crippen molar-refractivity contribution in [3.63, 3.8) is 0 Å². The average molecular weight is 432 g/mol. The van der Waals surface area contributed by atoms with Crippen LogP contribution in [0.5, 0.6) is 0 Å². The van der Waals surface area contributed by atoms with Crippen molar-refractivity contribution in [2.45, 2.75) is 0 Å². The van der Waals surface area contributed by atoms with E-state index in [1.165, 1.54) is 3.32 Å². The van der Waals surface area contributed by atoms with Crippen molar-refractivity contribution >= 4 is 49.7 Å². The summed E-state index contributed by atoms with van der Waals surface area (Å²) in [7, 11) is 0. The molecule has 3 aromatic heterocycles. The van der Waals surface area contributed by atoms with Gasteiger partial charge in [0.25, 0.3) is 0 Å². The Hall–Kier alpha value is -3.31. The molecule has 1 aromatic carbocycles. The Morgan fingerprint density at radius 1 is 0.484 bits per heavy atom. The van der Waals surface area contributed by atoms with Gasteiger partial charge >= 0.3 is 58.0 Å². The number of hydrogen-bond donors (Lipinski definition) is 2. The third-order valence-corrected chi connectivity index (χ3v) is 5.44. The van der Waals surface area contributed by atoms with Crippen LogP contribution in [-0.2, 0) is 24.4 Å². The Morgan fingerprint density at radius 2 is 0.839 bits per heavy atom. The molecular weight excluding hydrogens is 413 g/mol. The van der Waals surface area contributed by atoms with Crippen LogP contribution in [0.3, 0.4) is 0 Å². The van der Waals surface area contributed by atoms with Gasteiger partial charge in [-0.05, 0) is 72.8 Å². The predicted octanol–water partition coefficient (Wildman–Crippen LogP) is 5.51. The third kappa shape index (κ3) is 5.06. The topological polar surface area (TPSA) is 57.4 Å². The molecule has 5 heteroatoms. The van der Waals surface area contributed by atoms with E-state index in [1.54, 1.807) is 24.4 Å². The summed E-state index contributed by atoms with van der Waals surface area (Å²) in [5.41, 5.74) is 7.86. The van der Waals surface area contributed by atoms with Crippen molar-refractivity contribution in [2.75, 3.05) is 0 Å². The van der Waals surface area contributed by atoms with E-state index in [2.05, 4.69) is 68.5 Å². The van der Waals surface area contributed by atoms with Gasteiger partial charge in [0.05, 0.1) is 22.8 Å². The Bertz CT molecular complexity index is 1270. The van der Waals surface area contributed by atoms with Gasteiger partial charge in [-0.3, -0.25) is 0 Å². The summed E-state index contributed by atoms with van der Waals surface area (Å²) >= 11 is 1.67. The molecule has 0 radical (unpaired) electrons. The fourth-order valence-electron chi connectivity index (χ4n) is 3.40. The van der Waals surface area contributed by atoms with E-state index in [0.29, 0.717) is 0 Å². The third-order valence-electron chi connectivity index (χ3n) is 4.84. The second-order valence-electron chi connectivity index (χ2n) is 7.32. The van der Waals surface area contributed by atoms with Crippen molar-refractivity contribution < 1.29 is 24.4 Å². The molecule has 6 rings (SSSR count). The number of nitrogens with zero attached hydrogens (tertiary/aromatic N) is 2. The molecule has 0 amide bonds. The van der Waals surface area contributed by atoms with Gasteiger partial charge in [0, 0.05) is 22.1 Å². The van der Waals surface area contributed by atoms with Crippen LogP contribution in [0.4, 0.5) is 0 Å². The Labute approximate surface area is 195 Å². The molecule has 2 aliphatic rings. The van der Waals surface area contributed by atoms with Crippen LogP contribution in [0.15, 0.2) is 78.9 Å². The van der Waals surface area contributed by atoms with Crippen LogP contribution in [0.2, 0.25) is 0 Å². The van der Waals surface area contributed by atoms with Crippen molar-refractivity contribution in [3.8, 4) is 0 Å². The van der Waals surface area contributed by atoms with Gasteiger partial charge in [0.2, 0.25) is 0 Å². The number of benzene rings is 1. The molecule has 0 saturated heterocycles. The molecule has 0 saturated carbocycles. The minimum atomic E-state index is 0.939. The van der Waals surface area contributed by atoms with Crippen LogP contribution in [-0.4, -0.2) is 19.9 Å². The van der Waals surface area contributed by atoms with Gasteiger partial charge in [0.1, 0.15) is 0 Å². The summed E-state index contributed by atoms with van der Waals surface area (Å²) in [5, 5.41) is 0. The fourth-order valence-corrected chi connectivity index (χ4v) is 3.74. The van der Waals surface area contributed by atoms with E-state index in [4.69, 9.17) is 0 Å². The van der Waals surface area contributed by atoms with E-state index in [0.717, 1.165) is 44.8 Å². The van der Waals surface area contributed by atoms with Gasteiger partial charge in [-0.2, -0.15) is 0 Å². The van der Waals surface area contributed by atoms with Crippen molar-refractivity contribution in [2.24, 2.45) is 0 Å². The predicted molar refractivity (Wildman–Crippen MR) is 125 cm³/mol. The van der Waals surface area contributed by atoms with Crippen molar-refractivity contribution in [3.05, 3.63) is 102 Å².